The second-order valence-corrected chi connectivity index (χ2v) is 6.60. The summed E-state index contributed by atoms with van der Waals surface area (Å²) in [6.45, 7) is 5.61. The molecular formula is C17H28N2O. The zero-order valence-electron chi connectivity index (χ0n) is 12.8. The van der Waals surface area contributed by atoms with Gasteiger partial charge in [0.25, 0.3) is 0 Å². The monoisotopic (exact) mass is 276 g/mol. The number of likely N-dealkylation sites (N-methyl/N-ethyl adjacent to an activating group) is 1. The summed E-state index contributed by atoms with van der Waals surface area (Å²) in [6, 6.07) is 1.13. The molecule has 3 atom stereocenters. The van der Waals surface area contributed by atoms with E-state index in [-0.39, 0.29) is 0 Å². The molecule has 3 nitrogen and oxygen atoms in total. The van der Waals surface area contributed by atoms with E-state index in [4.69, 9.17) is 0 Å². The van der Waals surface area contributed by atoms with Gasteiger partial charge in [-0.05, 0) is 57.5 Å². The van der Waals surface area contributed by atoms with Crippen LogP contribution in [0.25, 0.3) is 0 Å². The number of amides is 1. The Kier molecular flexibility index (Phi) is 4.45. The SMILES string of the molecule is CCN1CCC[C@@H]1[C@@H]1CCCN1C(=O)C[C@@H]1C=CCC1. The van der Waals surface area contributed by atoms with Crippen molar-refractivity contribution in [3.05, 3.63) is 12.2 Å². The Hall–Kier alpha value is -0.830. The summed E-state index contributed by atoms with van der Waals surface area (Å²) in [5.74, 6) is 0.918. The van der Waals surface area contributed by atoms with Gasteiger partial charge in [0.1, 0.15) is 0 Å². The Balaban J connectivity index is 1.62. The number of carbonyl (C=O) groups excluding carboxylic acids is 1. The van der Waals surface area contributed by atoms with Crippen molar-refractivity contribution in [2.45, 2.75) is 64.0 Å². The zero-order valence-corrected chi connectivity index (χ0v) is 12.8. The van der Waals surface area contributed by atoms with E-state index in [0.717, 1.165) is 25.9 Å². The molecule has 2 fully saturated rings. The van der Waals surface area contributed by atoms with Crippen LogP contribution >= 0.6 is 0 Å². The van der Waals surface area contributed by atoms with Gasteiger partial charge in [-0.3, -0.25) is 9.69 Å². The fourth-order valence-corrected chi connectivity index (χ4v) is 4.39. The van der Waals surface area contributed by atoms with Crippen LogP contribution in [0, 0.1) is 5.92 Å². The first kappa shape index (κ1) is 14.1. The van der Waals surface area contributed by atoms with Crippen molar-refractivity contribution in [1.82, 2.24) is 9.80 Å². The van der Waals surface area contributed by atoms with E-state index in [1.165, 1.54) is 38.6 Å². The fraction of sp³-hybridized carbons (Fsp3) is 0.824. The Morgan fingerprint density at radius 3 is 2.70 bits per heavy atom. The number of likely N-dealkylation sites (tertiary alicyclic amines) is 2. The molecule has 0 spiro atoms. The molecule has 20 heavy (non-hydrogen) atoms. The lowest BCUT2D eigenvalue weighted by Crippen LogP contribution is -2.48. The van der Waals surface area contributed by atoms with Gasteiger partial charge in [0.2, 0.25) is 5.91 Å². The molecule has 0 bridgehead atoms. The summed E-state index contributed by atoms with van der Waals surface area (Å²) in [7, 11) is 0. The maximum Gasteiger partial charge on any atom is 0.223 e. The van der Waals surface area contributed by atoms with Gasteiger partial charge in [0, 0.05) is 25.0 Å². The molecule has 1 amide bonds. The molecule has 1 aliphatic carbocycles. The minimum absolute atomic E-state index is 0.409. The first-order valence-corrected chi connectivity index (χ1v) is 8.49. The molecule has 0 unspecified atom stereocenters. The summed E-state index contributed by atoms with van der Waals surface area (Å²) in [5.41, 5.74) is 0. The van der Waals surface area contributed by atoms with Gasteiger partial charge in [-0.1, -0.05) is 19.1 Å². The van der Waals surface area contributed by atoms with Crippen LogP contribution in [0.3, 0.4) is 0 Å². The predicted octanol–water partition coefficient (Wildman–Crippen LogP) is 2.82. The molecule has 3 aliphatic rings. The van der Waals surface area contributed by atoms with Crippen LogP contribution in [0.15, 0.2) is 12.2 Å². The topological polar surface area (TPSA) is 23.6 Å². The predicted molar refractivity (Wildman–Crippen MR) is 81.5 cm³/mol. The van der Waals surface area contributed by atoms with Crippen LogP contribution in [0.2, 0.25) is 0 Å². The van der Waals surface area contributed by atoms with Gasteiger partial charge in [-0.25, -0.2) is 0 Å². The lowest BCUT2D eigenvalue weighted by molar-refractivity contribution is -0.133. The highest BCUT2D eigenvalue weighted by Crippen LogP contribution is 2.31. The molecule has 2 heterocycles. The standard InChI is InChI=1S/C17H28N2O/c1-2-18-11-5-9-15(18)16-10-6-12-19(16)17(20)13-14-7-3-4-8-14/h3,7,14-16H,2,4-6,8-13H2,1H3/t14-,15-,16+/m1/s1. The van der Waals surface area contributed by atoms with E-state index < -0.39 is 0 Å². The summed E-state index contributed by atoms with van der Waals surface area (Å²) in [6.07, 6.45) is 12.6. The smallest absolute Gasteiger partial charge is 0.223 e. The van der Waals surface area contributed by atoms with Crippen LogP contribution in [-0.2, 0) is 4.79 Å². The number of carbonyl (C=O) groups is 1. The number of hydrogen-bond acceptors (Lipinski definition) is 2. The number of allylic oxidation sites excluding steroid dienone is 2. The van der Waals surface area contributed by atoms with Gasteiger partial charge < -0.3 is 4.90 Å². The largest absolute Gasteiger partial charge is 0.338 e. The molecule has 2 saturated heterocycles. The van der Waals surface area contributed by atoms with E-state index >= 15 is 0 Å². The van der Waals surface area contributed by atoms with E-state index in [1.54, 1.807) is 0 Å². The van der Waals surface area contributed by atoms with Gasteiger partial charge in [-0.2, -0.15) is 0 Å². The van der Waals surface area contributed by atoms with E-state index in [0.29, 0.717) is 23.9 Å². The number of rotatable bonds is 4. The summed E-state index contributed by atoms with van der Waals surface area (Å²) in [5, 5.41) is 0. The molecule has 0 aromatic heterocycles. The molecule has 2 aliphatic heterocycles. The van der Waals surface area contributed by atoms with Gasteiger partial charge >= 0.3 is 0 Å². The highest BCUT2D eigenvalue weighted by atomic mass is 16.2. The van der Waals surface area contributed by atoms with Crippen molar-refractivity contribution in [1.29, 1.82) is 0 Å². The maximum atomic E-state index is 12.6. The van der Waals surface area contributed by atoms with Crippen molar-refractivity contribution < 1.29 is 4.79 Å². The quantitative estimate of drug-likeness (QED) is 0.737. The van der Waals surface area contributed by atoms with Gasteiger partial charge in [-0.15, -0.1) is 0 Å². The van der Waals surface area contributed by atoms with Crippen LogP contribution in [0.1, 0.15) is 51.9 Å². The Labute approximate surface area is 123 Å². The molecule has 0 N–H and O–H groups in total. The maximum absolute atomic E-state index is 12.6. The Bertz CT molecular complexity index is 379. The van der Waals surface area contributed by atoms with Crippen molar-refractivity contribution in [2.24, 2.45) is 5.92 Å². The van der Waals surface area contributed by atoms with Crippen molar-refractivity contribution in [2.75, 3.05) is 19.6 Å². The summed E-state index contributed by atoms with van der Waals surface area (Å²) >= 11 is 0. The Morgan fingerprint density at radius 1 is 1.15 bits per heavy atom. The molecule has 112 valence electrons. The van der Waals surface area contributed by atoms with E-state index in [1.807, 2.05) is 0 Å². The fourth-order valence-electron chi connectivity index (χ4n) is 4.39. The van der Waals surface area contributed by atoms with Crippen molar-refractivity contribution in [3.63, 3.8) is 0 Å². The minimum atomic E-state index is 0.409. The lowest BCUT2D eigenvalue weighted by atomic mass is 10.0. The Morgan fingerprint density at radius 2 is 1.95 bits per heavy atom. The summed E-state index contributed by atoms with van der Waals surface area (Å²) < 4.78 is 0. The van der Waals surface area contributed by atoms with Crippen molar-refractivity contribution in [3.8, 4) is 0 Å². The molecule has 3 heteroatoms. The molecule has 0 radical (unpaired) electrons. The van der Waals surface area contributed by atoms with Gasteiger partial charge in [0.05, 0.1) is 0 Å². The van der Waals surface area contributed by atoms with E-state index in [2.05, 4.69) is 28.9 Å². The van der Waals surface area contributed by atoms with Crippen LogP contribution < -0.4 is 0 Å². The first-order valence-electron chi connectivity index (χ1n) is 8.49. The van der Waals surface area contributed by atoms with Gasteiger partial charge in [0.15, 0.2) is 0 Å². The average molecular weight is 276 g/mol. The van der Waals surface area contributed by atoms with E-state index in [9.17, 15) is 4.79 Å². The summed E-state index contributed by atoms with van der Waals surface area (Å²) in [4.78, 5) is 17.5. The molecule has 0 aromatic carbocycles. The third-order valence-corrected chi connectivity index (χ3v) is 5.43. The third-order valence-electron chi connectivity index (χ3n) is 5.43. The molecule has 3 rings (SSSR count). The zero-order chi connectivity index (χ0) is 13.9. The second-order valence-electron chi connectivity index (χ2n) is 6.60. The normalized spacial score (nSPS) is 34.2. The molecule has 0 aromatic rings. The third kappa shape index (κ3) is 2.78. The number of nitrogens with zero attached hydrogens (tertiary/aromatic N) is 2. The minimum Gasteiger partial charge on any atom is -0.338 e. The number of hydrogen-bond donors (Lipinski definition) is 0. The van der Waals surface area contributed by atoms with Crippen molar-refractivity contribution >= 4 is 5.91 Å². The van der Waals surface area contributed by atoms with Crippen LogP contribution in [0.4, 0.5) is 0 Å². The molecular weight excluding hydrogens is 248 g/mol. The molecule has 0 saturated carbocycles. The average Bonchev–Trinajstić information content (AvgIpc) is 3.18. The first-order chi connectivity index (χ1) is 9.79. The highest BCUT2D eigenvalue weighted by Gasteiger charge is 2.39. The second kappa shape index (κ2) is 6.30. The van der Waals surface area contributed by atoms with Crippen LogP contribution in [-0.4, -0.2) is 47.4 Å². The lowest BCUT2D eigenvalue weighted by Gasteiger charge is -2.35. The highest BCUT2D eigenvalue weighted by molar-refractivity contribution is 5.77. The van der Waals surface area contributed by atoms with Crippen LogP contribution in [0.5, 0.6) is 0 Å².